The SMILES string of the molecule is C=C/C=C(\C=C)N(C)NC(=O)C1(c2ccc(F)cc2)CCN(C(=O)c2ccc(-c3ccc(F)cc3)cc2)CC1. The topological polar surface area (TPSA) is 52.7 Å². The van der Waals surface area contributed by atoms with E-state index in [-0.39, 0.29) is 23.4 Å². The third-order valence-electron chi connectivity index (χ3n) is 7.20. The number of rotatable bonds is 8. The number of amides is 2. The van der Waals surface area contributed by atoms with Crippen molar-refractivity contribution in [3.8, 4) is 11.1 Å². The van der Waals surface area contributed by atoms with Crippen LogP contribution < -0.4 is 5.43 Å². The summed E-state index contributed by atoms with van der Waals surface area (Å²) in [5.74, 6) is -1.06. The average Bonchev–Trinajstić information content (AvgIpc) is 2.96. The van der Waals surface area contributed by atoms with Gasteiger partial charge < -0.3 is 4.90 Å². The molecule has 0 spiro atoms. The molecular weight excluding hydrogens is 496 g/mol. The Hall–Kier alpha value is -4.52. The highest BCUT2D eigenvalue weighted by atomic mass is 19.1. The van der Waals surface area contributed by atoms with Gasteiger partial charge in [-0.25, -0.2) is 8.78 Å². The lowest BCUT2D eigenvalue weighted by Gasteiger charge is -2.42. The van der Waals surface area contributed by atoms with Gasteiger partial charge in [-0.1, -0.05) is 55.6 Å². The lowest BCUT2D eigenvalue weighted by molar-refractivity contribution is -0.132. The van der Waals surface area contributed by atoms with Gasteiger partial charge in [-0.2, -0.15) is 0 Å². The molecule has 0 unspecified atom stereocenters. The molecule has 1 fully saturated rings. The van der Waals surface area contributed by atoms with E-state index in [9.17, 15) is 18.4 Å². The van der Waals surface area contributed by atoms with E-state index in [1.165, 1.54) is 24.3 Å². The number of allylic oxidation sites excluding steroid dienone is 3. The van der Waals surface area contributed by atoms with Gasteiger partial charge in [-0.3, -0.25) is 20.0 Å². The fourth-order valence-electron chi connectivity index (χ4n) is 4.90. The molecule has 39 heavy (non-hydrogen) atoms. The first-order chi connectivity index (χ1) is 18.8. The summed E-state index contributed by atoms with van der Waals surface area (Å²) in [6.45, 7) is 8.17. The fourth-order valence-corrected chi connectivity index (χ4v) is 4.90. The number of carbonyl (C=O) groups excluding carboxylic acids is 2. The van der Waals surface area contributed by atoms with E-state index in [0.29, 0.717) is 42.8 Å². The summed E-state index contributed by atoms with van der Waals surface area (Å²) in [6, 6.07) is 19.3. The highest BCUT2D eigenvalue weighted by Gasteiger charge is 2.44. The summed E-state index contributed by atoms with van der Waals surface area (Å²) in [5, 5.41) is 1.57. The number of carbonyl (C=O) groups is 2. The third kappa shape index (κ3) is 5.98. The van der Waals surface area contributed by atoms with Crippen LogP contribution in [-0.4, -0.2) is 41.9 Å². The van der Waals surface area contributed by atoms with Gasteiger partial charge in [0.25, 0.3) is 5.91 Å². The molecule has 1 saturated heterocycles. The molecule has 1 aliphatic rings. The maximum absolute atomic E-state index is 13.7. The monoisotopic (exact) mass is 527 g/mol. The average molecular weight is 528 g/mol. The zero-order valence-electron chi connectivity index (χ0n) is 21.9. The van der Waals surface area contributed by atoms with Gasteiger partial charge in [0, 0.05) is 25.7 Å². The number of nitrogens with one attached hydrogen (secondary N) is 1. The minimum Gasteiger partial charge on any atom is -0.339 e. The number of hydrazine groups is 1. The first kappa shape index (κ1) is 27.5. The maximum Gasteiger partial charge on any atom is 0.253 e. The first-order valence-corrected chi connectivity index (χ1v) is 12.7. The summed E-state index contributed by atoms with van der Waals surface area (Å²) in [4.78, 5) is 28.8. The van der Waals surface area contributed by atoms with Gasteiger partial charge in [-0.05, 0) is 78.1 Å². The Morgan fingerprint density at radius 3 is 1.90 bits per heavy atom. The van der Waals surface area contributed by atoms with Crippen molar-refractivity contribution in [1.82, 2.24) is 15.3 Å². The Morgan fingerprint density at radius 1 is 0.872 bits per heavy atom. The predicted octanol–water partition coefficient (Wildman–Crippen LogP) is 6.02. The van der Waals surface area contributed by atoms with Gasteiger partial charge in [0.2, 0.25) is 5.91 Å². The maximum atomic E-state index is 13.7. The number of hydrogen-bond acceptors (Lipinski definition) is 3. The summed E-state index contributed by atoms with van der Waals surface area (Å²) in [5.41, 5.74) is 5.59. The molecule has 0 aromatic heterocycles. The van der Waals surface area contributed by atoms with E-state index >= 15 is 0 Å². The highest BCUT2D eigenvalue weighted by molar-refractivity contribution is 5.95. The van der Waals surface area contributed by atoms with Crippen LogP contribution in [0.15, 0.2) is 110 Å². The van der Waals surface area contributed by atoms with Crippen LogP contribution in [0.2, 0.25) is 0 Å². The second-order valence-electron chi connectivity index (χ2n) is 9.50. The van der Waals surface area contributed by atoms with E-state index in [4.69, 9.17) is 0 Å². The van der Waals surface area contributed by atoms with Crippen molar-refractivity contribution in [2.45, 2.75) is 18.3 Å². The molecule has 0 saturated carbocycles. The van der Waals surface area contributed by atoms with E-state index < -0.39 is 5.41 Å². The van der Waals surface area contributed by atoms with Crippen molar-refractivity contribution < 1.29 is 18.4 Å². The number of piperidine rings is 1. The van der Waals surface area contributed by atoms with Gasteiger partial charge in [0.05, 0.1) is 11.1 Å². The molecule has 200 valence electrons. The quantitative estimate of drug-likeness (QED) is 0.288. The molecule has 5 nitrogen and oxygen atoms in total. The second-order valence-corrected chi connectivity index (χ2v) is 9.50. The molecule has 0 aliphatic carbocycles. The molecule has 0 bridgehead atoms. The van der Waals surface area contributed by atoms with Crippen molar-refractivity contribution in [1.29, 1.82) is 0 Å². The van der Waals surface area contributed by atoms with Crippen LogP contribution in [0.25, 0.3) is 11.1 Å². The molecule has 3 aromatic carbocycles. The highest BCUT2D eigenvalue weighted by Crippen LogP contribution is 2.37. The van der Waals surface area contributed by atoms with Crippen molar-refractivity contribution >= 4 is 11.8 Å². The Bertz CT molecular complexity index is 1370. The summed E-state index contributed by atoms with van der Waals surface area (Å²) in [7, 11) is 1.71. The van der Waals surface area contributed by atoms with Crippen LogP contribution in [0.1, 0.15) is 28.8 Å². The number of nitrogens with zero attached hydrogens (tertiary/aromatic N) is 2. The molecule has 2 amide bonds. The first-order valence-electron chi connectivity index (χ1n) is 12.7. The smallest absolute Gasteiger partial charge is 0.253 e. The van der Waals surface area contributed by atoms with Gasteiger partial charge in [-0.15, -0.1) is 0 Å². The van der Waals surface area contributed by atoms with Crippen LogP contribution in [0, 0.1) is 11.6 Å². The normalized spacial score (nSPS) is 14.8. The van der Waals surface area contributed by atoms with Crippen LogP contribution in [-0.2, 0) is 10.2 Å². The second kappa shape index (κ2) is 11.9. The number of likely N-dealkylation sites (tertiary alicyclic amines) is 1. The van der Waals surface area contributed by atoms with Gasteiger partial charge in [0.15, 0.2) is 0 Å². The molecular formula is C32H31F2N3O2. The number of likely N-dealkylation sites (N-methyl/N-ethyl adjacent to an activating group) is 1. The van der Waals surface area contributed by atoms with E-state index in [1.54, 1.807) is 71.6 Å². The fraction of sp³-hybridized carbons (Fsp3) is 0.188. The van der Waals surface area contributed by atoms with E-state index in [1.807, 2.05) is 12.1 Å². The molecule has 7 heteroatoms. The Morgan fingerprint density at radius 2 is 1.38 bits per heavy atom. The van der Waals surface area contributed by atoms with E-state index in [0.717, 1.165) is 11.1 Å². The van der Waals surface area contributed by atoms with Crippen LogP contribution in [0.4, 0.5) is 8.78 Å². The predicted molar refractivity (Wildman–Crippen MR) is 149 cm³/mol. The van der Waals surface area contributed by atoms with E-state index in [2.05, 4.69) is 18.6 Å². The molecule has 1 aliphatic heterocycles. The largest absolute Gasteiger partial charge is 0.339 e. The van der Waals surface area contributed by atoms with Crippen molar-refractivity contribution in [3.63, 3.8) is 0 Å². The molecule has 1 N–H and O–H groups in total. The van der Waals surface area contributed by atoms with Crippen molar-refractivity contribution in [2.24, 2.45) is 0 Å². The summed E-state index contributed by atoms with van der Waals surface area (Å²) in [6.07, 6.45) is 5.67. The number of halogens is 2. The lowest BCUT2D eigenvalue weighted by atomic mass is 9.72. The van der Waals surface area contributed by atoms with Crippen LogP contribution >= 0.6 is 0 Å². The standard InChI is InChI=1S/C32H31F2N3O2/c1-4-6-29(5-2)36(3)35-31(39)32(26-13-17-28(34)18-14-26)19-21-37(22-20-32)30(38)25-9-7-23(8-10-25)24-11-15-27(33)16-12-24/h4-18H,1-2,19-22H2,3H3,(H,35,39)/b29-6+. The minimum atomic E-state index is -0.953. The number of hydrogen-bond donors (Lipinski definition) is 1. The molecule has 0 radical (unpaired) electrons. The molecule has 3 aromatic rings. The zero-order valence-corrected chi connectivity index (χ0v) is 21.9. The lowest BCUT2D eigenvalue weighted by Crippen LogP contribution is -2.55. The molecule has 1 heterocycles. The zero-order chi connectivity index (χ0) is 28.0. The van der Waals surface area contributed by atoms with Crippen molar-refractivity contribution in [2.75, 3.05) is 20.1 Å². The van der Waals surface area contributed by atoms with Gasteiger partial charge in [0.1, 0.15) is 11.6 Å². The Balaban J connectivity index is 1.52. The minimum absolute atomic E-state index is 0.131. The third-order valence-corrected chi connectivity index (χ3v) is 7.20. The molecule has 4 rings (SSSR count). The Kier molecular flexibility index (Phi) is 8.39. The number of benzene rings is 3. The van der Waals surface area contributed by atoms with Crippen molar-refractivity contribution in [3.05, 3.63) is 133 Å². The van der Waals surface area contributed by atoms with Crippen LogP contribution in [0.3, 0.4) is 0 Å². The molecule has 0 atom stereocenters. The van der Waals surface area contributed by atoms with Gasteiger partial charge >= 0.3 is 0 Å². The summed E-state index contributed by atoms with van der Waals surface area (Å²) >= 11 is 0. The Labute approximate surface area is 227 Å². The van der Waals surface area contributed by atoms with Crippen LogP contribution in [0.5, 0.6) is 0 Å². The summed E-state index contributed by atoms with van der Waals surface area (Å²) < 4.78 is 27.0.